The Morgan fingerprint density at radius 3 is 2.71 bits per heavy atom. The number of carboxylic acids is 1. The molecule has 0 aromatic heterocycles. The van der Waals surface area contributed by atoms with Crippen molar-refractivity contribution in [2.24, 2.45) is 5.92 Å². The van der Waals surface area contributed by atoms with Gasteiger partial charge in [-0.1, -0.05) is 34.1 Å². The highest BCUT2D eigenvalue weighted by molar-refractivity contribution is 9.10. The smallest absolute Gasteiger partial charge is 0.309 e. The van der Waals surface area contributed by atoms with Gasteiger partial charge in [0.25, 0.3) is 0 Å². The zero-order chi connectivity index (χ0) is 12.6. The zero-order valence-corrected chi connectivity index (χ0v) is 10.8. The lowest BCUT2D eigenvalue weighted by Crippen LogP contribution is -2.27. The predicted molar refractivity (Wildman–Crippen MR) is 65.4 cm³/mol. The number of likely N-dealkylation sites (tertiary alicyclic amines) is 1. The second-order valence-electron chi connectivity index (χ2n) is 4.12. The van der Waals surface area contributed by atoms with E-state index in [0.717, 1.165) is 10.0 Å². The molecule has 2 unspecified atom stereocenters. The van der Waals surface area contributed by atoms with Gasteiger partial charge in [0, 0.05) is 17.9 Å². The molecule has 1 aromatic rings. The number of aliphatic carboxylic acids is 1. The molecule has 0 saturated carbocycles. The fourth-order valence-corrected chi connectivity index (χ4v) is 2.75. The van der Waals surface area contributed by atoms with Gasteiger partial charge in [-0.05, 0) is 11.6 Å². The molecule has 1 N–H and O–H groups in total. The fraction of sp³-hybridized carbons (Fsp3) is 0.333. The van der Waals surface area contributed by atoms with E-state index >= 15 is 0 Å². The molecular formula is C12H12BrNO3. The number of hydrogen-bond acceptors (Lipinski definition) is 2. The van der Waals surface area contributed by atoms with Gasteiger partial charge in [-0.25, -0.2) is 0 Å². The largest absolute Gasteiger partial charge is 0.481 e. The van der Waals surface area contributed by atoms with Gasteiger partial charge in [-0.2, -0.15) is 0 Å². The molecule has 1 aromatic carbocycles. The summed E-state index contributed by atoms with van der Waals surface area (Å²) in [4.78, 5) is 24.3. The molecule has 17 heavy (non-hydrogen) atoms. The first kappa shape index (κ1) is 12.1. The highest BCUT2D eigenvalue weighted by Gasteiger charge is 2.43. The average molecular weight is 298 g/mol. The molecule has 1 aliphatic rings. The highest BCUT2D eigenvalue weighted by Crippen LogP contribution is 2.39. The van der Waals surface area contributed by atoms with Crippen LogP contribution in [0.5, 0.6) is 0 Å². The summed E-state index contributed by atoms with van der Waals surface area (Å²) in [5.41, 5.74) is 0.841. The van der Waals surface area contributed by atoms with Gasteiger partial charge in [0.15, 0.2) is 0 Å². The van der Waals surface area contributed by atoms with Gasteiger partial charge in [0.05, 0.1) is 12.0 Å². The van der Waals surface area contributed by atoms with Crippen LogP contribution in [-0.4, -0.2) is 28.9 Å². The van der Waals surface area contributed by atoms with E-state index < -0.39 is 17.9 Å². The third-order valence-corrected chi connectivity index (χ3v) is 3.85. The maximum atomic E-state index is 11.6. The molecule has 1 heterocycles. The molecule has 1 saturated heterocycles. The van der Waals surface area contributed by atoms with Crippen LogP contribution in [0.15, 0.2) is 28.7 Å². The average Bonchev–Trinajstić information content (AvgIpc) is 2.57. The number of carboxylic acid groups (broad SMARTS) is 1. The Morgan fingerprint density at radius 2 is 2.12 bits per heavy atom. The summed E-state index contributed by atoms with van der Waals surface area (Å²) in [7, 11) is 1.65. The van der Waals surface area contributed by atoms with Crippen molar-refractivity contribution in [3.05, 3.63) is 34.3 Å². The number of nitrogens with zero attached hydrogens (tertiary/aromatic N) is 1. The lowest BCUT2D eigenvalue weighted by Gasteiger charge is -2.24. The van der Waals surface area contributed by atoms with Crippen LogP contribution in [-0.2, 0) is 9.59 Å². The molecule has 5 heteroatoms. The van der Waals surface area contributed by atoms with Gasteiger partial charge >= 0.3 is 5.97 Å². The van der Waals surface area contributed by atoms with E-state index in [4.69, 9.17) is 0 Å². The summed E-state index contributed by atoms with van der Waals surface area (Å²) in [5, 5.41) is 9.18. The van der Waals surface area contributed by atoms with Crippen molar-refractivity contribution in [3.63, 3.8) is 0 Å². The number of amides is 1. The quantitative estimate of drug-likeness (QED) is 0.909. The van der Waals surface area contributed by atoms with E-state index in [1.54, 1.807) is 7.05 Å². The summed E-state index contributed by atoms with van der Waals surface area (Å²) in [6.45, 7) is 0. The molecule has 2 atom stereocenters. The molecular weight excluding hydrogens is 286 g/mol. The number of benzene rings is 1. The summed E-state index contributed by atoms with van der Waals surface area (Å²) >= 11 is 3.40. The molecule has 4 nitrogen and oxygen atoms in total. The van der Waals surface area contributed by atoms with Crippen LogP contribution in [0.2, 0.25) is 0 Å². The second kappa shape index (κ2) is 4.49. The zero-order valence-electron chi connectivity index (χ0n) is 9.26. The van der Waals surface area contributed by atoms with Gasteiger partial charge in [0.1, 0.15) is 0 Å². The van der Waals surface area contributed by atoms with E-state index in [0.29, 0.717) is 0 Å². The first-order valence-corrected chi connectivity index (χ1v) is 6.04. The number of carbonyl (C=O) groups is 2. The summed E-state index contributed by atoms with van der Waals surface area (Å²) in [6.07, 6.45) is 0.0673. The first-order valence-electron chi connectivity index (χ1n) is 5.25. The van der Waals surface area contributed by atoms with Gasteiger partial charge < -0.3 is 10.0 Å². The van der Waals surface area contributed by atoms with Crippen molar-refractivity contribution < 1.29 is 14.7 Å². The molecule has 0 spiro atoms. The van der Waals surface area contributed by atoms with Gasteiger partial charge in [-0.15, -0.1) is 0 Å². The van der Waals surface area contributed by atoms with Crippen LogP contribution >= 0.6 is 15.9 Å². The summed E-state index contributed by atoms with van der Waals surface area (Å²) in [6, 6.07) is 7.01. The Labute approximate surface area is 107 Å². The molecule has 0 aliphatic carbocycles. The van der Waals surface area contributed by atoms with E-state index in [9.17, 15) is 14.7 Å². The molecule has 1 aliphatic heterocycles. The normalized spacial score (nSPS) is 24.1. The third-order valence-electron chi connectivity index (χ3n) is 3.13. The maximum Gasteiger partial charge on any atom is 0.309 e. The standard InChI is InChI=1S/C12H12BrNO3/c1-14-10(15)6-8(12(16)17)11(14)7-4-2-3-5-9(7)13/h2-5,8,11H,6H2,1H3,(H,16,17). The Balaban J connectivity index is 2.44. The minimum Gasteiger partial charge on any atom is -0.481 e. The first-order chi connectivity index (χ1) is 8.02. The lowest BCUT2D eigenvalue weighted by atomic mass is 9.94. The Kier molecular flexibility index (Phi) is 3.19. The maximum absolute atomic E-state index is 11.6. The monoisotopic (exact) mass is 297 g/mol. The lowest BCUT2D eigenvalue weighted by molar-refractivity contribution is -0.142. The number of hydrogen-bond donors (Lipinski definition) is 1. The van der Waals surface area contributed by atoms with Crippen molar-refractivity contribution in [1.82, 2.24) is 4.90 Å². The third kappa shape index (κ3) is 2.07. The van der Waals surface area contributed by atoms with Crippen LogP contribution in [0.25, 0.3) is 0 Å². The number of rotatable bonds is 2. The Bertz CT molecular complexity index is 475. The van der Waals surface area contributed by atoms with Crippen LogP contribution < -0.4 is 0 Å². The molecule has 0 radical (unpaired) electrons. The van der Waals surface area contributed by atoms with Gasteiger partial charge in [-0.3, -0.25) is 9.59 Å². The highest BCUT2D eigenvalue weighted by atomic mass is 79.9. The molecule has 1 amide bonds. The summed E-state index contributed by atoms with van der Waals surface area (Å²) in [5.74, 6) is -1.73. The second-order valence-corrected chi connectivity index (χ2v) is 4.97. The van der Waals surface area contributed by atoms with Crippen LogP contribution in [0.1, 0.15) is 18.0 Å². The van der Waals surface area contributed by atoms with Crippen LogP contribution in [0, 0.1) is 5.92 Å². The minimum atomic E-state index is -0.927. The Hall–Kier alpha value is -1.36. The topological polar surface area (TPSA) is 57.6 Å². The van der Waals surface area contributed by atoms with Crippen LogP contribution in [0.3, 0.4) is 0 Å². The fourth-order valence-electron chi connectivity index (χ4n) is 2.23. The number of halogens is 1. The number of carbonyl (C=O) groups excluding carboxylic acids is 1. The predicted octanol–water partition coefficient (Wildman–Crippen LogP) is 2.05. The minimum absolute atomic E-state index is 0.0673. The van der Waals surface area contributed by atoms with Crippen molar-refractivity contribution >= 4 is 27.8 Å². The van der Waals surface area contributed by atoms with Crippen molar-refractivity contribution in [1.29, 1.82) is 0 Å². The molecule has 1 fully saturated rings. The van der Waals surface area contributed by atoms with Crippen molar-refractivity contribution in [2.45, 2.75) is 12.5 Å². The van der Waals surface area contributed by atoms with E-state index in [1.807, 2.05) is 24.3 Å². The molecule has 90 valence electrons. The molecule has 0 bridgehead atoms. The SMILES string of the molecule is CN1C(=O)CC(C(=O)O)C1c1ccccc1Br. The van der Waals surface area contributed by atoms with Gasteiger partial charge in [0.2, 0.25) is 5.91 Å². The van der Waals surface area contributed by atoms with Crippen molar-refractivity contribution in [2.75, 3.05) is 7.05 Å². The van der Waals surface area contributed by atoms with Crippen molar-refractivity contribution in [3.8, 4) is 0 Å². The Morgan fingerprint density at radius 1 is 1.47 bits per heavy atom. The van der Waals surface area contributed by atoms with E-state index in [1.165, 1.54) is 4.90 Å². The van der Waals surface area contributed by atoms with E-state index in [2.05, 4.69) is 15.9 Å². The summed E-state index contributed by atoms with van der Waals surface area (Å²) < 4.78 is 0.831. The van der Waals surface area contributed by atoms with Crippen LogP contribution in [0.4, 0.5) is 0 Å². The van der Waals surface area contributed by atoms with E-state index in [-0.39, 0.29) is 12.3 Å². The molecule has 2 rings (SSSR count).